The number of carbonyl (C=O) groups is 1. The Hall–Kier alpha value is -2.55. The molecule has 3 heterocycles. The SMILES string of the molecule is CN(C)C(=O)C(c1ccccc1)N1CCN(Cc2cc(=O)n3ccsc3n2)CC1. The van der Waals surface area contributed by atoms with Gasteiger partial charge in [-0.1, -0.05) is 30.3 Å². The van der Waals surface area contributed by atoms with Crippen molar-refractivity contribution in [2.45, 2.75) is 12.6 Å². The van der Waals surface area contributed by atoms with Gasteiger partial charge in [0, 0.05) is 64.5 Å². The van der Waals surface area contributed by atoms with Gasteiger partial charge in [0.05, 0.1) is 5.69 Å². The number of benzene rings is 1. The maximum Gasteiger partial charge on any atom is 0.258 e. The van der Waals surface area contributed by atoms with Crippen LogP contribution in [-0.2, 0) is 11.3 Å². The molecule has 152 valence electrons. The highest BCUT2D eigenvalue weighted by Gasteiger charge is 2.31. The van der Waals surface area contributed by atoms with Crippen molar-refractivity contribution in [3.05, 3.63) is 69.6 Å². The highest BCUT2D eigenvalue weighted by atomic mass is 32.1. The first-order valence-corrected chi connectivity index (χ1v) is 10.6. The Morgan fingerprint density at radius 3 is 2.59 bits per heavy atom. The van der Waals surface area contributed by atoms with Crippen molar-refractivity contribution in [2.75, 3.05) is 40.3 Å². The summed E-state index contributed by atoms with van der Waals surface area (Å²) in [7, 11) is 3.61. The molecule has 0 radical (unpaired) electrons. The third-order valence-corrected chi connectivity index (χ3v) is 6.06. The van der Waals surface area contributed by atoms with Gasteiger partial charge >= 0.3 is 0 Å². The Labute approximate surface area is 173 Å². The molecule has 0 N–H and O–H groups in total. The summed E-state index contributed by atoms with van der Waals surface area (Å²) >= 11 is 1.47. The molecule has 29 heavy (non-hydrogen) atoms. The molecule has 4 rings (SSSR count). The zero-order chi connectivity index (χ0) is 20.4. The number of carbonyl (C=O) groups excluding carboxylic acids is 1. The van der Waals surface area contributed by atoms with Gasteiger partial charge < -0.3 is 4.90 Å². The highest BCUT2D eigenvalue weighted by Crippen LogP contribution is 2.24. The lowest BCUT2D eigenvalue weighted by molar-refractivity contribution is -0.135. The number of hydrogen-bond donors (Lipinski definition) is 0. The molecular formula is C21H25N5O2S. The number of fused-ring (bicyclic) bond motifs is 1. The molecule has 1 saturated heterocycles. The van der Waals surface area contributed by atoms with Gasteiger partial charge in [-0.15, -0.1) is 11.3 Å². The zero-order valence-electron chi connectivity index (χ0n) is 16.7. The van der Waals surface area contributed by atoms with Gasteiger partial charge in [-0.05, 0) is 5.56 Å². The Bertz CT molecular complexity index is 1040. The van der Waals surface area contributed by atoms with Gasteiger partial charge in [-0.2, -0.15) is 0 Å². The first kappa shape index (κ1) is 19.8. The van der Waals surface area contributed by atoms with Gasteiger partial charge in [-0.3, -0.25) is 23.8 Å². The van der Waals surface area contributed by atoms with Gasteiger partial charge in [0.15, 0.2) is 4.96 Å². The average Bonchev–Trinajstić information content (AvgIpc) is 3.19. The van der Waals surface area contributed by atoms with Crippen LogP contribution in [0.15, 0.2) is 52.8 Å². The van der Waals surface area contributed by atoms with Crippen molar-refractivity contribution in [3.63, 3.8) is 0 Å². The number of thiazole rings is 1. The summed E-state index contributed by atoms with van der Waals surface area (Å²) in [5.41, 5.74) is 1.79. The molecule has 1 atom stereocenters. The van der Waals surface area contributed by atoms with E-state index in [9.17, 15) is 9.59 Å². The quantitative estimate of drug-likeness (QED) is 0.640. The fraction of sp³-hybridized carbons (Fsp3) is 0.381. The van der Waals surface area contributed by atoms with Crippen LogP contribution in [0, 0.1) is 0 Å². The monoisotopic (exact) mass is 411 g/mol. The molecule has 0 bridgehead atoms. The van der Waals surface area contributed by atoms with E-state index in [1.165, 1.54) is 11.3 Å². The van der Waals surface area contributed by atoms with Gasteiger partial charge in [0.1, 0.15) is 6.04 Å². The molecule has 7 nitrogen and oxygen atoms in total. The average molecular weight is 412 g/mol. The fourth-order valence-electron chi connectivity index (χ4n) is 3.77. The van der Waals surface area contributed by atoms with Crippen molar-refractivity contribution in [1.29, 1.82) is 0 Å². The molecule has 1 aliphatic rings. The summed E-state index contributed by atoms with van der Waals surface area (Å²) in [6.07, 6.45) is 1.75. The largest absolute Gasteiger partial charge is 0.347 e. The fourth-order valence-corrected chi connectivity index (χ4v) is 4.51. The Morgan fingerprint density at radius 1 is 1.17 bits per heavy atom. The molecule has 0 aliphatic carbocycles. The van der Waals surface area contributed by atoms with E-state index in [2.05, 4.69) is 14.8 Å². The predicted molar refractivity (Wildman–Crippen MR) is 114 cm³/mol. The summed E-state index contributed by atoms with van der Waals surface area (Å²) < 4.78 is 1.57. The summed E-state index contributed by atoms with van der Waals surface area (Å²) in [6.45, 7) is 3.89. The maximum absolute atomic E-state index is 12.9. The van der Waals surface area contributed by atoms with E-state index in [1.54, 1.807) is 35.7 Å². The summed E-state index contributed by atoms with van der Waals surface area (Å²) in [6, 6.07) is 11.3. The number of hydrogen-bond acceptors (Lipinski definition) is 6. The number of rotatable bonds is 5. The molecule has 1 amide bonds. The van der Waals surface area contributed by atoms with E-state index in [0.29, 0.717) is 6.54 Å². The van der Waals surface area contributed by atoms with Gasteiger partial charge in [0.2, 0.25) is 5.91 Å². The molecular weight excluding hydrogens is 386 g/mol. The number of likely N-dealkylation sites (N-methyl/N-ethyl adjacent to an activating group) is 1. The van der Waals surface area contributed by atoms with Crippen molar-refractivity contribution >= 4 is 22.2 Å². The Morgan fingerprint density at radius 2 is 1.90 bits per heavy atom. The highest BCUT2D eigenvalue weighted by molar-refractivity contribution is 7.15. The number of nitrogens with zero attached hydrogens (tertiary/aromatic N) is 5. The van der Waals surface area contributed by atoms with Crippen LogP contribution >= 0.6 is 11.3 Å². The number of aromatic nitrogens is 2. The maximum atomic E-state index is 12.9. The van der Waals surface area contributed by atoms with Crippen LogP contribution in [0.2, 0.25) is 0 Å². The van der Waals surface area contributed by atoms with Gasteiger partial charge in [-0.25, -0.2) is 4.98 Å². The van der Waals surface area contributed by atoms with Crippen LogP contribution in [0.4, 0.5) is 0 Å². The summed E-state index contributed by atoms with van der Waals surface area (Å²) in [5.74, 6) is 0.0995. The van der Waals surface area contributed by atoms with E-state index in [0.717, 1.165) is 42.4 Å². The smallest absolute Gasteiger partial charge is 0.258 e. The molecule has 1 unspecified atom stereocenters. The molecule has 0 saturated carbocycles. The molecule has 0 spiro atoms. The van der Waals surface area contributed by atoms with E-state index in [4.69, 9.17) is 0 Å². The zero-order valence-corrected chi connectivity index (χ0v) is 17.5. The minimum Gasteiger partial charge on any atom is -0.347 e. The summed E-state index contributed by atoms with van der Waals surface area (Å²) in [5, 5.41) is 1.87. The van der Waals surface area contributed by atoms with Crippen molar-refractivity contribution in [3.8, 4) is 0 Å². The minimum atomic E-state index is -0.265. The van der Waals surface area contributed by atoms with Crippen molar-refractivity contribution in [1.82, 2.24) is 24.1 Å². The van der Waals surface area contributed by atoms with Crippen LogP contribution < -0.4 is 5.56 Å². The first-order chi connectivity index (χ1) is 14.0. The second-order valence-corrected chi connectivity index (χ2v) is 8.37. The standard InChI is InChI=1S/C21H25N5O2S/c1-23(2)20(28)19(16-6-4-3-5-7-16)25-10-8-24(9-11-25)15-17-14-18(27)26-12-13-29-21(26)22-17/h3-7,12-14,19H,8-11,15H2,1-2H3. The molecule has 1 aliphatic heterocycles. The second kappa shape index (κ2) is 8.44. The Balaban J connectivity index is 1.45. The van der Waals surface area contributed by atoms with Crippen LogP contribution in [-0.4, -0.2) is 70.3 Å². The first-order valence-electron chi connectivity index (χ1n) is 9.71. The molecule has 8 heteroatoms. The lowest BCUT2D eigenvalue weighted by atomic mass is 10.0. The third kappa shape index (κ3) is 4.24. The molecule has 1 fully saturated rings. The van der Waals surface area contributed by atoms with Crippen molar-refractivity contribution in [2.24, 2.45) is 0 Å². The normalized spacial score (nSPS) is 16.8. The van der Waals surface area contributed by atoms with Crippen molar-refractivity contribution < 1.29 is 4.79 Å². The van der Waals surface area contributed by atoms with Crippen LogP contribution in [0.1, 0.15) is 17.3 Å². The lowest BCUT2D eigenvalue weighted by Crippen LogP contribution is -2.50. The topological polar surface area (TPSA) is 61.2 Å². The summed E-state index contributed by atoms with van der Waals surface area (Å²) in [4.78, 5) is 36.6. The van der Waals surface area contributed by atoms with E-state index in [1.807, 2.05) is 35.7 Å². The Kier molecular flexibility index (Phi) is 5.75. The minimum absolute atomic E-state index is 0.0365. The van der Waals surface area contributed by atoms with Gasteiger partial charge in [0.25, 0.3) is 5.56 Å². The molecule has 3 aromatic rings. The second-order valence-electron chi connectivity index (χ2n) is 7.50. The predicted octanol–water partition coefficient (Wildman–Crippen LogP) is 1.70. The third-order valence-electron chi connectivity index (χ3n) is 5.30. The van der Waals surface area contributed by atoms with Crippen LogP contribution in [0.5, 0.6) is 0 Å². The lowest BCUT2D eigenvalue weighted by Gasteiger charge is -2.39. The van der Waals surface area contributed by atoms with Crippen LogP contribution in [0.25, 0.3) is 4.96 Å². The van der Waals surface area contributed by atoms with E-state index < -0.39 is 0 Å². The molecule has 2 aromatic heterocycles. The van der Waals surface area contributed by atoms with E-state index in [-0.39, 0.29) is 17.5 Å². The van der Waals surface area contributed by atoms with E-state index >= 15 is 0 Å². The van der Waals surface area contributed by atoms with Crippen LogP contribution in [0.3, 0.4) is 0 Å². The molecule has 1 aromatic carbocycles. The number of piperazine rings is 1. The number of amides is 1.